The number of hydrogen-bond donors (Lipinski definition) is 1. The van der Waals surface area contributed by atoms with Gasteiger partial charge >= 0.3 is 0 Å². The van der Waals surface area contributed by atoms with Crippen LogP contribution in [0.1, 0.15) is 42.5 Å². The summed E-state index contributed by atoms with van der Waals surface area (Å²) < 4.78 is 0. The molecule has 2 atom stereocenters. The molecule has 0 aromatic heterocycles. The van der Waals surface area contributed by atoms with Crippen molar-refractivity contribution in [1.29, 1.82) is 0 Å². The van der Waals surface area contributed by atoms with Crippen molar-refractivity contribution in [2.45, 2.75) is 48.4 Å². The van der Waals surface area contributed by atoms with Crippen LogP contribution in [-0.2, 0) is 0 Å². The van der Waals surface area contributed by atoms with Crippen LogP contribution in [0.15, 0.2) is 29.2 Å². The molecular formula is C14H18O2S. The monoisotopic (exact) mass is 250 g/mol. The summed E-state index contributed by atoms with van der Waals surface area (Å²) in [6, 6.07) is 7.59. The lowest BCUT2D eigenvalue weighted by atomic mass is 10.1. The van der Waals surface area contributed by atoms with Crippen LogP contribution < -0.4 is 0 Å². The van der Waals surface area contributed by atoms with Crippen molar-refractivity contribution >= 4 is 18.0 Å². The van der Waals surface area contributed by atoms with Crippen LogP contribution in [0, 0.1) is 0 Å². The predicted octanol–water partition coefficient (Wildman–Crippen LogP) is 3.28. The van der Waals surface area contributed by atoms with Gasteiger partial charge in [-0.1, -0.05) is 31.4 Å². The van der Waals surface area contributed by atoms with Gasteiger partial charge in [0.15, 0.2) is 0 Å². The van der Waals surface area contributed by atoms with E-state index in [1.54, 1.807) is 11.8 Å². The fourth-order valence-electron chi connectivity index (χ4n) is 2.19. The number of hydrogen-bond acceptors (Lipinski definition) is 3. The molecule has 1 fully saturated rings. The van der Waals surface area contributed by atoms with Crippen LogP contribution in [0.5, 0.6) is 0 Å². The molecule has 1 aromatic carbocycles. The van der Waals surface area contributed by atoms with E-state index >= 15 is 0 Å². The average molecular weight is 250 g/mol. The van der Waals surface area contributed by atoms with Gasteiger partial charge in [-0.05, 0) is 25.0 Å². The molecule has 3 heteroatoms. The van der Waals surface area contributed by atoms with Crippen LogP contribution in [-0.4, -0.2) is 22.7 Å². The van der Waals surface area contributed by atoms with Gasteiger partial charge in [0.2, 0.25) is 0 Å². The molecule has 1 aromatic rings. The van der Waals surface area contributed by atoms with Gasteiger partial charge in [0.05, 0.1) is 6.10 Å². The molecule has 0 radical (unpaired) electrons. The minimum atomic E-state index is -0.187. The molecule has 0 spiro atoms. The van der Waals surface area contributed by atoms with Crippen molar-refractivity contribution in [3.63, 3.8) is 0 Å². The lowest BCUT2D eigenvalue weighted by molar-refractivity contribution is 0.112. The van der Waals surface area contributed by atoms with E-state index in [1.165, 1.54) is 12.8 Å². The Morgan fingerprint density at radius 2 is 1.82 bits per heavy atom. The predicted molar refractivity (Wildman–Crippen MR) is 70.6 cm³/mol. The topological polar surface area (TPSA) is 37.3 Å². The Labute approximate surface area is 106 Å². The molecule has 2 rings (SSSR count). The Bertz CT molecular complexity index is 361. The normalized spacial score (nSPS) is 25.2. The summed E-state index contributed by atoms with van der Waals surface area (Å²) in [5, 5.41) is 10.3. The molecule has 17 heavy (non-hydrogen) atoms. The van der Waals surface area contributed by atoms with Crippen LogP contribution in [0.4, 0.5) is 0 Å². The fourth-order valence-corrected chi connectivity index (χ4v) is 3.41. The second-order valence-electron chi connectivity index (χ2n) is 4.55. The van der Waals surface area contributed by atoms with Crippen molar-refractivity contribution in [3.8, 4) is 0 Å². The molecule has 1 saturated carbocycles. The smallest absolute Gasteiger partial charge is 0.150 e. The van der Waals surface area contributed by atoms with E-state index in [0.29, 0.717) is 10.8 Å². The summed E-state index contributed by atoms with van der Waals surface area (Å²) in [7, 11) is 0. The van der Waals surface area contributed by atoms with Crippen LogP contribution in [0.2, 0.25) is 0 Å². The van der Waals surface area contributed by atoms with E-state index in [1.807, 2.05) is 24.3 Å². The first-order chi connectivity index (χ1) is 8.29. The number of thioether (sulfide) groups is 1. The summed E-state index contributed by atoms with van der Waals surface area (Å²) >= 11 is 1.74. The fraction of sp³-hybridized carbons (Fsp3) is 0.500. The van der Waals surface area contributed by atoms with Crippen LogP contribution in [0.25, 0.3) is 0 Å². The SMILES string of the molecule is O=Cc1ccc(SC2CCCCCC2O)cc1. The molecule has 1 aliphatic carbocycles. The van der Waals surface area contributed by atoms with Crippen molar-refractivity contribution in [2.75, 3.05) is 0 Å². The number of aldehydes is 1. The lowest BCUT2D eigenvalue weighted by Crippen LogP contribution is -2.21. The summed E-state index contributed by atoms with van der Waals surface area (Å²) in [5.41, 5.74) is 0.704. The first-order valence-corrected chi connectivity index (χ1v) is 7.07. The minimum absolute atomic E-state index is 0.187. The van der Waals surface area contributed by atoms with E-state index in [0.717, 1.165) is 30.4 Å². The standard InChI is InChI=1S/C14H18O2S/c15-10-11-6-8-12(9-7-11)17-14-5-3-1-2-4-13(14)16/h6-10,13-14,16H,1-5H2. The van der Waals surface area contributed by atoms with Crippen LogP contribution >= 0.6 is 11.8 Å². The highest BCUT2D eigenvalue weighted by molar-refractivity contribution is 8.00. The number of aliphatic hydroxyl groups excluding tert-OH is 1. The Morgan fingerprint density at radius 3 is 2.53 bits per heavy atom. The zero-order valence-corrected chi connectivity index (χ0v) is 10.7. The number of rotatable bonds is 3. The summed E-state index contributed by atoms with van der Waals surface area (Å²) in [5.74, 6) is 0. The highest BCUT2D eigenvalue weighted by Gasteiger charge is 2.22. The van der Waals surface area contributed by atoms with Gasteiger partial charge in [-0.2, -0.15) is 0 Å². The van der Waals surface area contributed by atoms with Gasteiger partial charge in [0.25, 0.3) is 0 Å². The summed E-state index contributed by atoms with van der Waals surface area (Å²) in [6.07, 6.45) is 6.26. The molecule has 1 aliphatic rings. The zero-order valence-electron chi connectivity index (χ0n) is 9.84. The Kier molecular flexibility index (Phi) is 4.63. The highest BCUT2D eigenvalue weighted by Crippen LogP contribution is 2.33. The van der Waals surface area contributed by atoms with Gasteiger partial charge < -0.3 is 5.11 Å². The number of aliphatic hydroxyl groups is 1. The Hall–Kier alpha value is -0.800. The van der Waals surface area contributed by atoms with E-state index in [9.17, 15) is 9.90 Å². The third-order valence-corrected chi connectivity index (χ3v) is 4.62. The second-order valence-corrected chi connectivity index (χ2v) is 5.86. The molecule has 0 saturated heterocycles. The maximum atomic E-state index is 10.6. The van der Waals surface area contributed by atoms with E-state index < -0.39 is 0 Å². The molecule has 0 heterocycles. The third kappa shape index (κ3) is 3.58. The van der Waals surface area contributed by atoms with Crippen molar-refractivity contribution in [2.24, 2.45) is 0 Å². The number of carbonyl (C=O) groups is 1. The molecule has 0 bridgehead atoms. The average Bonchev–Trinajstić information content (AvgIpc) is 2.56. The quantitative estimate of drug-likeness (QED) is 0.660. The molecule has 1 N–H and O–H groups in total. The largest absolute Gasteiger partial charge is 0.392 e. The second kappa shape index (κ2) is 6.22. The lowest BCUT2D eigenvalue weighted by Gasteiger charge is -2.19. The molecule has 2 nitrogen and oxygen atoms in total. The van der Waals surface area contributed by atoms with Gasteiger partial charge in [0.1, 0.15) is 6.29 Å². The van der Waals surface area contributed by atoms with Gasteiger partial charge in [-0.15, -0.1) is 11.8 Å². The maximum Gasteiger partial charge on any atom is 0.150 e. The summed E-state index contributed by atoms with van der Waals surface area (Å²) in [4.78, 5) is 11.7. The zero-order chi connectivity index (χ0) is 12.1. The molecule has 2 unspecified atom stereocenters. The van der Waals surface area contributed by atoms with Crippen molar-refractivity contribution < 1.29 is 9.90 Å². The van der Waals surface area contributed by atoms with E-state index in [-0.39, 0.29) is 6.10 Å². The highest BCUT2D eigenvalue weighted by atomic mass is 32.2. The first-order valence-electron chi connectivity index (χ1n) is 6.19. The van der Waals surface area contributed by atoms with Gasteiger partial charge in [0, 0.05) is 15.7 Å². The number of carbonyl (C=O) groups excluding carboxylic acids is 1. The molecule has 0 amide bonds. The summed E-state index contributed by atoms with van der Waals surface area (Å²) in [6.45, 7) is 0. The molecular weight excluding hydrogens is 232 g/mol. The van der Waals surface area contributed by atoms with Crippen molar-refractivity contribution in [1.82, 2.24) is 0 Å². The Morgan fingerprint density at radius 1 is 1.12 bits per heavy atom. The minimum Gasteiger partial charge on any atom is -0.392 e. The van der Waals surface area contributed by atoms with Gasteiger partial charge in [-0.3, -0.25) is 4.79 Å². The van der Waals surface area contributed by atoms with Crippen molar-refractivity contribution in [3.05, 3.63) is 29.8 Å². The Balaban J connectivity index is 2.00. The number of benzene rings is 1. The van der Waals surface area contributed by atoms with Gasteiger partial charge in [-0.25, -0.2) is 0 Å². The first kappa shape index (κ1) is 12.7. The maximum absolute atomic E-state index is 10.6. The van der Waals surface area contributed by atoms with Crippen LogP contribution in [0.3, 0.4) is 0 Å². The van der Waals surface area contributed by atoms with E-state index in [4.69, 9.17) is 0 Å². The molecule has 92 valence electrons. The third-order valence-electron chi connectivity index (χ3n) is 3.22. The molecule has 0 aliphatic heterocycles. The van der Waals surface area contributed by atoms with E-state index in [2.05, 4.69) is 0 Å².